The Morgan fingerprint density at radius 1 is 0.333 bits per heavy atom. The van der Waals surface area contributed by atoms with Gasteiger partial charge in [0.2, 0.25) is 0 Å². The molecule has 2 spiro atoms. The molecule has 4 aliphatic heterocycles. The molecule has 0 saturated carbocycles. The lowest BCUT2D eigenvalue weighted by atomic mass is 9.86. The molecular weight excluding hydrogens is 953 g/mol. The van der Waals surface area contributed by atoms with Crippen LogP contribution >= 0.6 is 69.7 Å². The maximum Gasteiger partial charge on any atom is 0.161 e. The summed E-state index contributed by atoms with van der Waals surface area (Å²) >= 11 is 11.8. The third-order valence-electron chi connectivity index (χ3n) is 11.5. The second kappa shape index (κ2) is 20.7. The average Bonchev–Trinajstić information content (AvgIpc) is 4.15. The first-order chi connectivity index (χ1) is 32.7. The van der Waals surface area contributed by atoms with Gasteiger partial charge in [0, 0.05) is 51.6 Å². The van der Waals surface area contributed by atoms with E-state index in [9.17, 15) is 0 Å². The summed E-state index contributed by atoms with van der Waals surface area (Å²) in [6, 6.07) is 30.5. The van der Waals surface area contributed by atoms with E-state index in [2.05, 4.69) is 83.6 Å². The van der Waals surface area contributed by atoms with Crippen molar-refractivity contribution in [1.29, 1.82) is 0 Å². The first-order valence-electron chi connectivity index (χ1n) is 22.2. The molecule has 6 heterocycles. The molecule has 0 unspecified atom stereocenters. The van der Waals surface area contributed by atoms with Crippen molar-refractivity contribution in [1.82, 2.24) is 0 Å². The summed E-state index contributed by atoms with van der Waals surface area (Å²) in [5.74, 6) is 2.69. The minimum absolute atomic E-state index is 0.376. The van der Waals surface area contributed by atoms with Crippen LogP contribution < -0.4 is 18.9 Å². The van der Waals surface area contributed by atoms with Gasteiger partial charge in [0.25, 0.3) is 0 Å². The van der Waals surface area contributed by atoms with Crippen LogP contribution in [-0.4, -0.2) is 106 Å². The maximum absolute atomic E-state index is 6.47. The number of ether oxygens (including phenoxy) is 10. The number of hydrogen-bond acceptors (Lipinski definition) is 16. The number of thiophene rings is 2. The van der Waals surface area contributed by atoms with Gasteiger partial charge >= 0.3 is 0 Å². The van der Waals surface area contributed by atoms with Crippen LogP contribution in [0.4, 0.5) is 0 Å². The standard InChI is InChI=1S/C50H48O10S6/c1-2-6-42-41(5-1)63-49(64-42)47-45(35(31-61-47)33-9-11-37-39(29-33)59-27-23-55-19-15-51-13-17-53-21-25-57-37)46-36(32-62-48(46)50(49)65-43-7-3-4-8-44(43)66-50)34-10-12-38-40(30-34)60-28-24-56-20-16-52-14-18-54-22-26-58-38/h1-12,29-32H,13-28H2. The predicted molar refractivity (Wildman–Crippen MR) is 265 cm³/mol. The summed E-state index contributed by atoms with van der Waals surface area (Å²) in [5, 5.41) is 4.72. The van der Waals surface area contributed by atoms with Crippen molar-refractivity contribution in [2.75, 3.05) is 106 Å². The fourth-order valence-corrected chi connectivity index (χ4v) is 19.2. The maximum atomic E-state index is 6.47. The molecule has 16 heteroatoms. The Balaban J connectivity index is 1.05. The summed E-state index contributed by atoms with van der Waals surface area (Å²) < 4.78 is 59.3. The molecule has 344 valence electrons. The molecule has 0 bridgehead atoms. The van der Waals surface area contributed by atoms with Gasteiger partial charge < -0.3 is 47.4 Å². The Hall–Kier alpha value is -3.36. The van der Waals surface area contributed by atoms with Crippen molar-refractivity contribution in [2.45, 2.75) is 27.7 Å². The second-order valence-electron chi connectivity index (χ2n) is 15.6. The molecule has 0 atom stereocenters. The molecule has 10 nitrogen and oxygen atoms in total. The smallest absolute Gasteiger partial charge is 0.161 e. The van der Waals surface area contributed by atoms with Crippen LogP contribution in [0.25, 0.3) is 33.4 Å². The zero-order chi connectivity index (χ0) is 44.2. The number of hydrogen-bond donors (Lipinski definition) is 0. The van der Waals surface area contributed by atoms with Crippen molar-refractivity contribution in [2.24, 2.45) is 0 Å². The predicted octanol–water partition coefficient (Wildman–Crippen LogP) is 11.6. The van der Waals surface area contributed by atoms with E-state index in [0.717, 1.165) is 22.3 Å². The van der Waals surface area contributed by atoms with E-state index >= 15 is 0 Å². The molecule has 0 amide bonds. The van der Waals surface area contributed by atoms with Crippen molar-refractivity contribution in [3.63, 3.8) is 0 Å². The highest BCUT2D eigenvalue weighted by molar-refractivity contribution is 8.26. The largest absolute Gasteiger partial charge is 0.487 e. The summed E-state index contributed by atoms with van der Waals surface area (Å²) in [6.07, 6.45) is 0. The highest BCUT2D eigenvalue weighted by atomic mass is 32.2. The monoisotopic (exact) mass is 1000 g/mol. The molecule has 0 saturated heterocycles. The second-order valence-corrected chi connectivity index (χ2v) is 22.9. The summed E-state index contributed by atoms with van der Waals surface area (Å²) in [4.78, 5) is 7.94. The zero-order valence-corrected chi connectivity index (χ0v) is 41.0. The van der Waals surface area contributed by atoms with Crippen molar-refractivity contribution >= 4 is 69.7 Å². The number of thioether (sulfide) groups is 4. The van der Waals surface area contributed by atoms with Crippen LogP contribution in [0, 0.1) is 0 Å². The van der Waals surface area contributed by atoms with Gasteiger partial charge in [-0.2, -0.15) is 0 Å². The Morgan fingerprint density at radius 3 is 0.970 bits per heavy atom. The third kappa shape index (κ3) is 8.90. The Morgan fingerprint density at radius 2 is 0.636 bits per heavy atom. The molecule has 1 aliphatic carbocycles. The lowest BCUT2D eigenvalue weighted by Crippen LogP contribution is -2.39. The first-order valence-corrected chi connectivity index (χ1v) is 27.2. The Labute approximate surface area is 409 Å². The van der Waals surface area contributed by atoms with Crippen LogP contribution in [0.5, 0.6) is 23.0 Å². The minimum atomic E-state index is -0.397. The molecule has 2 aromatic heterocycles. The van der Waals surface area contributed by atoms with E-state index in [-0.39, 0.29) is 0 Å². The molecule has 66 heavy (non-hydrogen) atoms. The molecule has 5 aliphatic rings. The fourth-order valence-electron chi connectivity index (χ4n) is 8.51. The van der Waals surface area contributed by atoms with Gasteiger partial charge in [-0.25, -0.2) is 0 Å². The van der Waals surface area contributed by atoms with Gasteiger partial charge in [0.15, 0.2) is 23.0 Å². The van der Waals surface area contributed by atoms with E-state index in [0.29, 0.717) is 129 Å². The highest BCUT2D eigenvalue weighted by Gasteiger charge is 2.67. The Kier molecular flexibility index (Phi) is 14.1. The van der Waals surface area contributed by atoms with Crippen molar-refractivity contribution < 1.29 is 47.4 Å². The number of rotatable bonds is 2. The van der Waals surface area contributed by atoms with Crippen LogP contribution in [0.3, 0.4) is 0 Å². The first kappa shape index (κ1) is 45.1. The highest BCUT2D eigenvalue weighted by Crippen LogP contribution is 2.84. The molecule has 4 aromatic carbocycles. The van der Waals surface area contributed by atoms with Gasteiger partial charge in [-0.15, -0.1) is 22.7 Å². The lowest BCUT2D eigenvalue weighted by molar-refractivity contribution is 0.00708. The Bertz CT molecular complexity index is 2420. The third-order valence-corrected chi connectivity index (χ3v) is 21.5. The van der Waals surface area contributed by atoms with Gasteiger partial charge in [-0.1, -0.05) is 83.4 Å². The van der Waals surface area contributed by atoms with Crippen LogP contribution in [0.1, 0.15) is 9.75 Å². The molecule has 0 N–H and O–H groups in total. The van der Waals surface area contributed by atoms with E-state index < -0.39 is 8.16 Å². The molecular formula is C50H48O10S6. The SMILES string of the molecule is c1ccc2c(c1)SC1(S2)c2scc(-c3ccc4c(c3)OCCOCCOCCOCCO4)c2-c2c(-c3ccc4c(c3)OCCOCCOCCOCCO4)csc2C12Sc1ccccc1S2. The number of benzene rings is 4. The fraction of sp³-hybridized carbons (Fsp3) is 0.360. The summed E-state index contributed by atoms with van der Waals surface area (Å²) in [6.45, 7) is 7.34. The lowest BCUT2D eigenvalue weighted by Gasteiger charge is -2.46. The molecule has 6 aromatic rings. The van der Waals surface area contributed by atoms with E-state index in [1.807, 2.05) is 81.9 Å². The number of fused-ring (bicyclic) bond motifs is 10. The van der Waals surface area contributed by atoms with Gasteiger partial charge in [0.05, 0.1) is 79.3 Å². The summed E-state index contributed by atoms with van der Waals surface area (Å²) in [7, 11) is 0. The average molecular weight is 1000 g/mol. The van der Waals surface area contributed by atoms with Gasteiger partial charge in [0.1, 0.15) is 34.6 Å². The zero-order valence-electron chi connectivity index (χ0n) is 36.1. The van der Waals surface area contributed by atoms with Crippen LogP contribution in [-0.2, 0) is 36.6 Å². The van der Waals surface area contributed by atoms with E-state index in [1.54, 1.807) is 0 Å². The molecule has 11 rings (SSSR count). The van der Waals surface area contributed by atoms with Crippen LogP contribution in [0.15, 0.2) is 115 Å². The molecule has 0 radical (unpaired) electrons. The van der Waals surface area contributed by atoms with Crippen LogP contribution in [0.2, 0.25) is 0 Å². The van der Waals surface area contributed by atoms with Crippen molar-refractivity contribution in [3.8, 4) is 56.4 Å². The normalized spacial score (nSPS) is 19.9. The van der Waals surface area contributed by atoms with Gasteiger partial charge in [-0.3, -0.25) is 0 Å². The molecule has 0 fully saturated rings. The topological polar surface area (TPSA) is 92.3 Å². The summed E-state index contributed by atoms with van der Waals surface area (Å²) in [5.41, 5.74) is 6.91. The van der Waals surface area contributed by atoms with Gasteiger partial charge in [-0.05, 0) is 70.4 Å². The van der Waals surface area contributed by atoms with E-state index in [1.165, 1.54) is 40.5 Å². The minimum Gasteiger partial charge on any atom is -0.487 e. The quantitative estimate of drug-likeness (QED) is 0.165. The van der Waals surface area contributed by atoms with E-state index in [4.69, 9.17) is 47.4 Å². The van der Waals surface area contributed by atoms with Crippen molar-refractivity contribution in [3.05, 3.63) is 105 Å².